The maximum Gasteiger partial charge on any atom is 0.309 e. The summed E-state index contributed by atoms with van der Waals surface area (Å²) < 4.78 is 16.3. The highest BCUT2D eigenvalue weighted by molar-refractivity contribution is 5.79. The van der Waals surface area contributed by atoms with Gasteiger partial charge in [0.25, 0.3) is 0 Å². The van der Waals surface area contributed by atoms with Crippen LogP contribution in [0.25, 0.3) is 0 Å². The van der Waals surface area contributed by atoms with Crippen molar-refractivity contribution in [2.75, 3.05) is 33.5 Å². The first-order valence-corrected chi connectivity index (χ1v) is 11.6. The molecule has 2 aromatic rings. The zero-order valence-electron chi connectivity index (χ0n) is 20.1. The van der Waals surface area contributed by atoms with Crippen LogP contribution in [0.5, 0.6) is 17.2 Å². The highest BCUT2D eigenvalue weighted by Gasteiger charge is 2.48. The molecule has 2 aliphatic heterocycles. The molecule has 3 atom stereocenters. The molecule has 0 spiro atoms. The lowest BCUT2D eigenvalue weighted by Gasteiger charge is -2.31. The Bertz CT molecular complexity index is 1040. The van der Waals surface area contributed by atoms with Crippen molar-refractivity contribution in [3.05, 3.63) is 53.6 Å². The van der Waals surface area contributed by atoms with Crippen molar-refractivity contribution in [2.24, 2.45) is 5.92 Å². The van der Waals surface area contributed by atoms with E-state index in [2.05, 4.69) is 0 Å². The average Bonchev–Trinajstić information content (AvgIpc) is 3.43. The van der Waals surface area contributed by atoms with Crippen LogP contribution in [-0.4, -0.2) is 66.4 Å². The molecule has 0 saturated carbocycles. The molecule has 8 heteroatoms. The summed E-state index contributed by atoms with van der Waals surface area (Å²) in [6, 6.07) is 12.6. The van der Waals surface area contributed by atoms with Crippen molar-refractivity contribution in [2.45, 2.75) is 38.8 Å². The molecular formula is C26H32N2O6. The molecule has 0 unspecified atom stereocenters. The summed E-state index contributed by atoms with van der Waals surface area (Å²) in [5.74, 6) is 0.00962. The number of methoxy groups -OCH3 is 1. The van der Waals surface area contributed by atoms with E-state index >= 15 is 0 Å². The SMILES string of the molecule is CCN(C(=O)CN1C[C@H](c2ccc3c(c2)OCO3)[C@H](C(=O)O)[C@H]1c1ccc(OC)cc1)C(C)C. The zero-order valence-corrected chi connectivity index (χ0v) is 20.1. The Morgan fingerprint density at radius 1 is 1.12 bits per heavy atom. The second-order valence-corrected chi connectivity index (χ2v) is 9.00. The Hall–Kier alpha value is -3.26. The Labute approximate surface area is 200 Å². The number of hydrogen-bond donors (Lipinski definition) is 1. The smallest absolute Gasteiger partial charge is 0.309 e. The van der Waals surface area contributed by atoms with Crippen LogP contribution in [0, 0.1) is 5.92 Å². The minimum Gasteiger partial charge on any atom is -0.497 e. The second-order valence-electron chi connectivity index (χ2n) is 9.00. The van der Waals surface area contributed by atoms with E-state index in [1.807, 2.05) is 73.0 Å². The van der Waals surface area contributed by atoms with Gasteiger partial charge in [-0.1, -0.05) is 18.2 Å². The van der Waals surface area contributed by atoms with Gasteiger partial charge in [0.1, 0.15) is 5.75 Å². The first kappa shape index (κ1) is 23.9. The Kier molecular flexibility index (Phi) is 6.97. The number of carboxylic acids is 1. The molecule has 34 heavy (non-hydrogen) atoms. The number of likely N-dealkylation sites (tertiary alicyclic amines) is 1. The summed E-state index contributed by atoms with van der Waals surface area (Å²) in [7, 11) is 1.59. The molecule has 8 nitrogen and oxygen atoms in total. The predicted molar refractivity (Wildman–Crippen MR) is 126 cm³/mol. The first-order valence-electron chi connectivity index (χ1n) is 11.6. The van der Waals surface area contributed by atoms with E-state index in [1.54, 1.807) is 7.11 Å². The molecule has 182 valence electrons. The van der Waals surface area contributed by atoms with Crippen LogP contribution in [0.1, 0.15) is 43.9 Å². The van der Waals surface area contributed by atoms with Crippen molar-refractivity contribution in [3.8, 4) is 17.2 Å². The van der Waals surface area contributed by atoms with E-state index < -0.39 is 17.9 Å². The number of rotatable bonds is 8. The molecule has 2 aromatic carbocycles. The van der Waals surface area contributed by atoms with Gasteiger partial charge in [0.2, 0.25) is 12.7 Å². The minimum absolute atomic E-state index is 0.00788. The molecule has 2 heterocycles. The molecule has 0 aliphatic carbocycles. The Morgan fingerprint density at radius 3 is 2.41 bits per heavy atom. The van der Waals surface area contributed by atoms with Crippen LogP contribution < -0.4 is 14.2 Å². The quantitative estimate of drug-likeness (QED) is 0.634. The van der Waals surface area contributed by atoms with E-state index in [0.717, 1.165) is 11.1 Å². The fourth-order valence-corrected chi connectivity index (χ4v) is 5.17. The van der Waals surface area contributed by atoms with Gasteiger partial charge in [-0.3, -0.25) is 14.5 Å². The highest BCUT2D eigenvalue weighted by Crippen LogP contribution is 2.47. The summed E-state index contributed by atoms with van der Waals surface area (Å²) >= 11 is 0. The van der Waals surface area contributed by atoms with Gasteiger partial charge in [0.15, 0.2) is 11.5 Å². The second kappa shape index (κ2) is 9.93. The van der Waals surface area contributed by atoms with Crippen LogP contribution in [-0.2, 0) is 9.59 Å². The lowest BCUT2D eigenvalue weighted by molar-refractivity contribution is -0.144. The van der Waals surface area contributed by atoms with Gasteiger partial charge in [0, 0.05) is 31.1 Å². The Balaban J connectivity index is 1.72. The number of aliphatic carboxylic acids is 1. The lowest BCUT2D eigenvalue weighted by Crippen LogP contribution is -2.44. The third kappa shape index (κ3) is 4.55. The van der Waals surface area contributed by atoms with Crippen LogP contribution in [0.2, 0.25) is 0 Å². The number of carbonyl (C=O) groups is 2. The number of carbonyl (C=O) groups excluding carboxylic acids is 1. The summed E-state index contributed by atoms with van der Waals surface area (Å²) in [6.07, 6.45) is 0. The number of amides is 1. The van der Waals surface area contributed by atoms with Gasteiger partial charge in [-0.15, -0.1) is 0 Å². The molecule has 0 radical (unpaired) electrons. The molecule has 1 N–H and O–H groups in total. The third-order valence-corrected chi connectivity index (χ3v) is 6.79. The monoisotopic (exact) mass is 468 g/mol. The average molecular weight is 469 g/mol. The normalized spacial score (nSPS) is 21.6. The summed E-state index contributed by atoms with van der Waals surface area (Å²) in [4.78, 5) is 29.7. The maximum atomic E-state index is 13.2. The van der Waals surface area contributed by atoms with Gasteiger partial charge < -0.3 is 24.2 Å². The molecule has 4 rings (SSSR count). The summed E-state index contributed by atoms with van der Waals surface area (Å²) in [5.41, 5.74) is 1.71. The number of ether oxygens (including phenoxy) is 3. The van der Waals surface area contributed by atoms with Crippen LogP contribution >= 0.6 is 0 Å². The molecule has 1 fully saturated rings. The molecule has 0 aromatic heterocycles. The van der Waals surface area contributed by atoms with E-state index in [4.69, 9.17) is 14.2 Å². The molecule has 1 saturated heterocycles. The molecule has 0 bridgehead atoms. The molecular weight excluding hydrogens is 436 g/mol. The van der Waals surface area contributed by atoms with Crippen LogP contribution in [0.3, 0.4) is 0 Å². The molecule has 1 amide bonds. The largest absolute Gasteiger partial charge is 0.497 e. The van der Waals surface area contributed by atoms with Gasteiger partial charge in [-0.2, -0.15) is 0 Å². The topological polar surface area (TPSA) is 88.5 Å². The highest BCUT2D eigenvalue weighted by atomic mass is 16.7. The summed E-state index contributed by atoms with van der Waals surface area (Å²) in [5, 5.41) is 10.4. The van der Waals surface area contributed by atoms with Crippen molar-refractivity contribution >= 4 is 11.9 Å². The van der Waals surface area contributed by atoms with Crippen molar-refractivity contribution in [1.82, 2.24) is 9.80 Å². The van der Waals surface area contributed by atoms with Crippen LogP contribution in [0.15, 0.2) is 42.5 Å². The van der Waals surface area contributed by atoms with E-state index in [0.29, 0.717) is 30.3 Å². The van der Waals surface area contributed by atoms with E-state index in [1.165, 1.54) is 0 Å². The number of likely N-dealkylation sites (N-methyl/N-ethyl adjacent to an activating group) is 1. The van der Waals surface area contributed by atoms with Gasteiger partial charge >= 0.3 is 5.97 Å². The summed E-state index contributed by atoms with van der Waals surface area (Å²) in [6.45, 7) is 7.28. The van der Waals surface area contributed by atoms with Crippen molar-refractivity contribution < 1.29 is 28.9 Å². The van der Waals surface area contributed by atoms with Gasteiger partial charge in [0.05, 0.1) is 19.6 Å². The zero-order chi connectivity index (χ0) is 24.4. The maximum absolute atomic E-state index is 13.2. The molecule has 2 aliphatic rings. The van der Waals surface area contributed by atoms with E-state index in [9.17, 15) is 14.7 Å². The van der Waals surface area contributed by atoms with Crippen LogP contribution in [0.4, 0.5) is 0 Å². The minimum atomic E-state index is -0.894. The fraction of sp³-hybridized carbons (Fsp3) is 0.462. The number of nitrogens with zero attached hydrogens (tertiary/aromatic N) is 2. The number of carboxylic acid groups (broad SMARTS) is 1. The predicted octanol–water partition coefficient (Wildman–Crippen LogP) is 3.52. The number of hydrogen-bond acceptors (Lipinski definition) is 6. The number of benzene rings is 2. The standard InChI is InChI=1S/C26H32N2O6/c1-5-28(16(2)3)23(29)14-27-13-20(18-8-11-21-22(12-18)34-15-33-21)24(26(30)31)25(27)17-6-9-19(32-4)10-7-17/h6-12,16,20,24-25H,5,13-15H2,1-4H3,(H,30,31)/t20-,24+,25-/m1/s1. The third-order valence-electron chi connectivity index (χ3n) is 6.79. The van der Waals surface area contributed by atoms with Gasteiger partial charge in [-0.25, -0.2) is 0 Å². The van der Waals surface area contributed by atoms with Crippen molar-refractivity contribution in [3.63, 3.8) is 0 Å². The lowest BCUT2D eigenvalue weighted by atomic mass is 9.82. The fourth-order valence-electron chi connectivity index (χ4n) is 5.17. The first-order chi connectivity index (χ1) is 16.3. The van der Waals surface area contributed by atoms with Crippen molar-refractivity contribution in [1.29, 1.82) is 0 Å². The van der Waals surface area contributed by atoms with E-state index in [-0.39, 0.29) is 31.2 Å². The van der Waals surface area contributed by atoms with Gasteiger partial charge in [-0.05, 0) is 56.2 Å². The number of fused-ring (bicyclic) bond motifs is 1. The Morgan fingerprint density at radius 2 is 1.79 bits per heavy atom.